The van der Waals surface area contributed by atoms with Gasteiger partial charge in [-0.3, -0.25) is 4.79 Å². The van der Waals surface area contributed by atoms with Crippen molar-refractivity contribution in [2.75, 3.05) is 32.1 Å². The van der Waals surface area contributed by atoms with E-state index in [-0.39, 0.29) is 12.5 Å². The smallest absolute Gasteiger partial charge is 0.239 e. The Morgan fingerprint density at radius 1 is 1.56 bits per heavy atom. The summed E-state index contributed by atoms with van der Waals surface area (Å²) < 4.78 is 4.82. The molecule has 0 unspecified atom stereocenters. The first-order chi connectivity index (χ1) is 7.72. The van der Waals surface area contributed by atoms with E-state index in [0.717, 1.165) is 5.56 Å². The lowest BCUT2D eigenvalue weighted by Gasteiger charge is -2.06. The van der Waals surface area contributed by atoms with Crippen LogP contribution in [0.15, 0.2) is 18.3 Å². The molecule has 0 radical (unpaired) electrons. The zero-order valence-electron chi connectivity index (χ0n) is 9.62. The van der Waals surface area contributed by atoms with Crippen molar-refractivity contribution in [1.29, 1.82) is 0 Å². The fraction of sp³-hybridized carbons (Fsp3) is 0.455. The van der Waals surface area contributed by atoms with Crippen molar-refractivity contribution in [1.82, 2.24) is 10.3 Å². The van der Waals surface area contributed by atoms with E-state index in [0.29, 0.717) is 19.0 Å². The summed E-state index contributed by atoms with van der Waals surface area (Å²) in [6.45, 7) is 3.25. The predicted octanol–water partition coefficient (Wildman–Crippen LogP) is 0.565. The number of aryl methyl sites for hydroxylation is 1. The molecular weight excluding hydrogens is 206 g/mol. The van der Waals surface area contributed by atoms with Crippen molar-refractivity contribution < 1.29 is 9.53 Å². The largest absolute Gasteiger partial charge is 0.383 e. The number of aromatic nitrogens is 1. The zero-order chi connectivity index (χ0) is 11.8. The van der Waals surface area contributed by atoms with Gasteiger partial charge in [0.1, 0.15) is 5.82 Å². The van der Waals surface area contributed by atoms with Crippen LogP contribution in [-0.2, 0) is 9.53 Å². The molecule has 5 nitrogen and oxygen atoms in total. The number of pyridine rings is 1. The lowest BCUT2D eigenvalue weighted by atomic mass is 10.3. The van der Waals surface area contributed by atoms with Gasteiger partial charge in [-0.2, -0.15) is 0 Å². The Kier molecular flexibility index (Phi) is 5.28. The van der Waals surface area contributed by atoms with Crippen molar-refractivity contribution in [3.8, 4) is 0 Å². The normalized spacial score (nSPS) is 9.88. The third kappa shape index (κ3) is 4.75. The van der Waals surface area contributed by atoms with Crippen molar-refractivity contribution in [2.24, 2.45) is 0 Å². The van der Waals surface area contributed by atoms with Crippen LogP contribution in [0.25, 0.3) is 0 Å². The van der Waals surface area contributed by atoms with Gasteiger partial charge < -0.3 is 15.4 Å². The number of anilines is 1. The zero-order valence-corrected chi connectivity index (χ0v) is 9.62. The molecule has 16 heavy (non-hydrogen) atoms. The molecule has 2 N–H and O–H groups in total. The number of rotatable bonds is 6. The fourth-order valence-electron chi connectivity index (χ4n) is 1.16. The minimum Gasteiger partial charge on any atom is -0.383 e. The molecule has 1 amide bonds. The van der Waals surface area contributed by atoms with Crippen LogP contribution in [0.1, 0.15) is 5.56 Å². The third-order valence-corrected chi connectivity index (χ3v) is 1.97. The molecule has 0 bridgehead atoms. The maximum absolute atomic E-state index is 11.3. The van der Waals surface area contributed by atoms with Gasteiger partial charge in [-0.15, -0.1) is 0 Å². The highest BCUT2D eigenvalue weighted by Crippen LogP contribution is 2.03. The number of carbonyl (C=O) groups is 1. The summed E-state index contributed by atoms with van der Waals surface area (Å²) in [4.78, 5) is 15.4. The minimum absolute atomic E-state index is 0.0691. The molecule has 1 rings (SSSR count). The Labute approximate surface area is 95.2 Å². The fourth-order valence-corrected chi connectivity index (χ4v) is 1.16. The molecule has 5 heteroatoms. The molecule has 0 fully saturated rings. The van der Waals surface area contributed by atoms with Crippen molar-refractivity contribution in [2.45, 2.75) is 6.92 Å². The standard InChI is InChI=1S/C11H17N3O2/c1-9-3-4-12-10(7-9)14-8-11(15)13-5-6-16-2/h3-4,7H,5-6,8H2,1-2H3,(H,12,14)(H,13,15). The molecule has 1 aromatic rings. The first kappa shape index (κ1) is 12.4. The molecule has 0 aliphatic carbocycles. The van der Waals surface area contributed by atoms with E-state index in [4.69, 9.17) is 4.74 Å². The summed E-state index contributed by atoms with van der Waals surface area (Å²) in [7, 11) is 1.60. The van der Waals surface area contributed by atoms with E-state index in [2.05, 4.69) is 15.6 Å². The highest BCUT2D eigenvalue weighted by atomic mass is 16.5. The van der Waals surface area contributed by atoms with Crippen LogP contribution in [0, 0.1) is 6.92 Å². The SMILES string of the molecule is COCCNC(=O)CNc1cc(C)ccn1. The number of hydrogen-bond acceptors (Lipinski definition) is 4. The second kappa shape index (κ2) is 6.79. The summed E-state index contributed by atoms with van der Waals surface area (Å²) >= 11 is 0. The first-order valence-electron chi connectivity index (χ1n) is 5.14. The van der Waals surface area contributed by atoms with E-state index in [1.807, 2.05) is 19.1 Å². The molecular formula is C11H17N3O2. The van der Waals surface area contributed by atoms with Gasteiger partial charge in [0.05, 0.1) is 13.2 Å². The molecule has 0 spiro atoms. The number of methoxy groups -OCH3 is 1. The summed E-state index contributed by atoms with van der Waals surface area (Å²) in [5.74, 6) is 0.641. The molecule has 0 atom stereocenters. The summed E-state index contributed by atoms with van der Waals surface area (Å²) in [5.41, 5.74) is 1.11. The molecule has 0 aliphatic rings. The lowest BCUT2D eigenvalue weighted by molar-refractivity contribution is -0.119. The monoisotopic (exact) mass is 223 g/mol. The number of nitrogens with zero attached hydrogens (tertiary/aromatic N) is 1. The quantitative estimate of drug-likeness (QED) is 0.692. The molecule has 0 aliphatic heterocycles. The van der Waals surface area contributed by atoms with E-state index >= 15 is 0 Å². The number of amides is 1. The third-order valence-electron chi connectivity index (χ3n) is 1.97. The summed E-state index contributed by atoms with van der Waals surface area (Å²) in [6.07, 6.45) is 1.71. The maximum Gasteiger partial charge on any atom is 0.239 e. The average molecular weight is 223 g/mol. The molecule has 1 aromatic heterocycles. The Morgan fingerprint density at radius 2 is 2.38 bits per heavy atom. The van der Waals surface area contributed by atoms with Crippen LogP contribution in [0.3, 0.4) is 0 Å². The van der Waals surface area contributed by atoms with Gasteiger partial charge in [0.15, 0.2) is 0 Å². The summed E-state index contributed by atoms with van der Waals surface area (Å²) in [6, 6.07) is 3.80. The Balaban J connectivity index is 2.26. The van der Waals surface area contributed by atoms with Gasteiger partial charge in [-0.1, -0.05) is 0 Å². The second-order valence-electron chi connectivity index (χ2n) is 3.41. The van der Waals surface area contributed by atoms with E-state index in [1.165, 1.54) is 0 Å². The topological polar surface area (TPSA) is 63.2 Å². The van der Waals surface area contributed by atoms with Gasteiger partial charge in [0.2, 0.25) is 5.91 Å². The predicted molar refractivity (Wildman–Crippen MR) is 62.3 cm³/mol. The first-order valence-corrected chi connectivity index (χ1v) is 5.14. The van der Waals surface area contributed by atoms with E-state index < -0.39 is 0 Å². The van der Waals surface area contributed by atoms with E-state index in [9.17, 15) is 4.79 Å². The van der Waals surface area contributed by atoms with Crippen molar-refractivity contribution in [3.63, 3.8) is 0 Å². The number of ether oxygens (including phenoxy) is 1. The van der Waals surface area contributed by atoms with Gasteiger partial charge >= 0.3 is 0 Å². The van der Waals surface area contributed by atoms with Crippen LogP contribution >= 0.6 is 0 Å². The highest BCUT2D eigenvalue weighted by molar-refractivity contribution is 5.80. The number of nitrogens with one attached hydrogen (secondary N) is 2. The van der Waals surface area contributed by atoms with Crippen LogP contribution in [-0.4, -0.2) is 37.7 Å². The van der Waals surface area contributed by atoms with Crippen LogP contribution in [0.5, 0.6) is 0 Å². The number of carbonyl (C=O) groups excluding carboxylic acids is 1. The van der Waals surface area contributed by atoms with Crippen LogP contribution < -0.4 is 10.6 Å². The van der Waals surface area contributed by atoms with Crippen LogP contribution in [0.2, 0.25) is 0 Å². The maximum atomic E-state index is 11.3. The van der Waals surface area contributed by atoms with Crippen molar-refractivity contribution >= 4 is 11.7 Å². The van der Waals surface area contributed by atoms with Crippen molar-refractivity contribution in [3.05, 3.63) is 23.9 Å². The average Bonchev–Trinajstić information content (AvgIpc) is 2.27. The second-order valence-corrected chi connectivity index (χ2v) is 3.41. The van der Waals surface area contributed by atoms with Gasteiger partial charge in [0.25, 0.3) is 0 Å². The van der Waals surface area contributed by atoms with Gasteiger partial charge in [-0.05, 0) is 24.6 Å². The summed E-state index contributed by atoms with van der Waals surface area (Å²) in [5, 5.41) is 5.66. The molecule has 88 valence electrons. The highest BCUT2D eigenvalue weighted by Gasteiger charge is 2.00. The van der Waals surface area contributed by atoms with Gasteiger partial charge in [-0.25, -0.2) is 4.98 Å². The lowest BCUT2D eigenvalue weighted by Crippen LogP contribution is -2.32. The number of hydrogen-bond donors (Lipinski definition) is 2. The molecule has 0 saturated heterocycles. The Bertz CT molecular complexity index is 342. The minimum atomic E-state index is -0.0691. The van der Waals surface area contributed by atoms with E-state index in [1.54, 1.807) is 13.3 Å². The molecule has 0 aromatic carbocycles. The van der Waals surface area contributed by atoms with Crippen LogP contribution in [0.4, 0.5) is 5.82 Å². The molecule has 0 saturated carbocycles. The molecule has 1 heterocycles. The Morgan fingerprint density at radius 3 is 3.06 bits per heavy atom. The Hall–Kier alpha value is -1.62. The van der Waals surface area contributed by atoms with Gasteiger partial charge in [0, 0.05) is 19.9 Å².